The van der Waals surface area contributed by atoms with E-state index in [0.717, 1.165) is 18.0 Å². The van der Waals surface area contributed by atoms with Crippen LogP contribution in [-0.4, -0.2) is 6.72 Å². The van der Waals surface area contributed by atoms with Crippen LogP contribution in [0.4, 0.5) is 0 Å². The standard InChI is InChI=1S/C9H18.C6H9N.C3H8/c1-7(2)6-9(5)8(3)4;1-4-5-6(2)7-3;1-3-2/h7H,6H2,1-5H3;4H,1-3,5H2;3H2,1-2H3. The molecule has 0 aromatic carbocycles. The number of aliphatic imine (C=N–C) groups is 1. The minimum atomic E-state index is 0.740. The van der Waals surface area contributed by atoms with Crippen molar-refractivity contribution in [3.8, 4) is 0 Å². The Kier molecular flexibility index (Phi) is 20.5. The number of rotatable bonds is 5. The second-order valence-corrected chi connectivity index (χ2v) is 5.30. The fraction of sp³-hybridized carbons (Fsp3) is 0.611. The summed E-state index contributed by atoms with van der Waals surface area (Å²) in [6.07, 6.45) is 4.99. The summed E-state index contributed by atoms with van der Waals surface area (Å²) in [5, 5.41) is 0. The van der Waals surface area contributed by atoms with E-state index in [-0.39, 0.29) is 0 Å². The van der Waals surface area contributed by atoms with Crippen LogP contribution in [0.2, 0.25) is 0 Å². The van der Waals surface area contributed by atoms with E-state index in [1.165, 1.54) is 18.4 Å². The van der Waals surface area contributed by atoms with Crippen molar-refractivity contribution in [1.29, 1.82) is 0 Å². The molecule has 1 heteroatoms. The molecule has 0 aliphatic rings. The smallest absolute Gasteiger partial charge is 0.0362 e. The van der Waals surface area contributed by atoms with Gasteiger partial charge in [-0.05, 0) is 39.8 Å². The number of nitrogens with zero attached hydrogens (tertiary/aromatic N) is 1. The average Bonchev–Trinajstić information content (AvgIpc) is 2.30. The van der Waals surface area contributed by atoms with Crippen molar-refractivity contribution in [2.45, 2.75) is 67.7 Å². The van der Waals surface area contributed by atoms with Gasteiger partial charge in [0.2, 0.25) is 0 Å². The molecule has 0 N–H and O–H groups in total. The first-order chi connectivity index (χ1) is 8.76. The molecule has 0 rings (SSSR count). The number of hydrogen-bond acceptors (Lipinski definition) is 1. The summed E-state index contributed by atoms with van der Waals surface area (Å²) >= 11 is 0. The van der Waals surface area contributed by atoms with Crippen molar-refractivity contribution in [3.05, 3.63) is 36.1 Å². The third-order valence-electron chi connectivity index (χ3n) is 2.17. The molecule has 0 amide bonds. The van der Waals surface area contributed by atoms with Crippen LogP contribution < -0.4 is 0 Å². The van der Waals surface area contributed by atoms with Gasteiger partial charge < -0.3 is 0 Å². The van der Waals surface area contributed by atoms with Gasteiger partial charge in [-0.3, -0.25) is 4.99 Å². The van der Waals surface area contributed by atoms with Crippen molar-refractivity contribution in [2.24, 2.45) is 10.9 Å². The fourth-order valence-electron chi connectivity index (χ4n) is 1.05. The van der Waals surface area contributed by atoms with Crippen molar-refractivity contribution >= 4 is 6.72 Å². The molecule has 0 aliphatic heterocycles. The van der Waals surface area contributed by atoms with E-state index in [1.807, 2.05) is 0 Å². The normalized spacial score (nSPS) is 8.42. The van der Waals surface area contributed by atoms with Gasteiger partial charge in [0, 0.05) is 12.1 Å². The lowest BCUT2D eigenvalue weighted by Gasteiger charge is -2.05. The predicted molar refractivity (Wildman–Crippen MR) is 93.0 cm³/mol. The van der Waals surface area contributed by atoms with Crippen LogP contribution >= 0.6 is 0 Å². The zero-order chi connectivity index (χ0) is 15.8. The van der Waals surface area contributed by atoms with Crippen molar-refractivity contribution in [3.63, 3.8) is 0 Å². The van der Waals surface area contributed by atoms with Crippen LogP contribution in [0.3, 0.4) is 0 Å². The summed E-state index contributed by atoms with van der Waals surface area (Å²) in [5.41, 5.74) is 3.80. The second kappa shape index (κ2) is 16.9. The third kappa shape index (κ3) is 26.5. The Bertz CT molecular complexity index is 265. The second-order valence-electron chi connectivity index (χ2n) is 5.30. The summed E-state index contributed by atoms with van der Waals surface area (Å²) in [6, 6.07) is 0. The highest BCUT2D eigenvalue weighted by molar-refractivity contribution is 5.28. The summed E-state index contributed by atoms with van der Waals surface area (Å²) in [6.45, 7) is 25.7. The zero-order valence-corrected chi connectivity index (χ0v) is 14.3. The van der Waals surface area contributed by atoms with Gasteiger partial charge in [-0.25, -0.2) is 0 Å². The van der Waals surface area contributed by atoms with Crippen LogP contribution in [0.5, 0.6) is 0 Å². The maximum absolute atomic E-state index is 3.56. The molecule has 0 saturated heterocycles. The van der Waals surface area contributed by atoms with E-state index >= 15 is 0 Å². The molecule has 1 nitrogen and oxygen atoms in total. The van der Waals surface area contributed by atoms with Gasteiger partial charge in [0.05, 0.1) is 0 Å². The highest BCUT2D eigenvalue weighted by atomic mass is 14.7. The lowest BCUT2D eigenvalue weighted by molar-refractivity contribution is 0.638. The molecule has 0 heterocycles. The average molecular weight is 265 g/mol. The molecule has 0 aromatic rings. The first kappa shape index (κ1) is 23.0. The summed E-state index contributed by atoms with van der Waals surface area (Å²) < 4.78 is 0. The van der Waals surface area contributed by atoms with Gasteiger partial charge in [0.1, 0.15) is 0 Å². The fourth-order valence-corrected chi connectivity index (χ4v) is 1.05. The Balaban J connectivity index is -0.000000228. The van der Waals surface area contributed by atoms with E-state index in [2.05, 4.69) is 73.3 Å². The van der Waals surface area contributed by atoms with Crippen LogP contribution in [0.25, 0.3) is 0 Å². The summed E-state index contributed by atoms with van der Waals surface area (Å²) in [4.78, 5) is 3.56. The SMILES string of the molecule is C=CCC(=C)N=C.CC(C)=C(C)CC(C)C.CCC. The number of hydrogen-bond donors (Lipinski definition) is 0. The van der Waals surface area contributed by atoms with E-state index in [4.69, 9.17) is 0 Å². The molecule has 0 saturated carbocycles. The molecule has 0 spiro atoms. The maximum atomic E-state index is 3.56. The first-order valence-corrected chi connectivity index (χ1v) is 7.14. The van der Waals surface area contributed by atoms with Gasteiger partial charge in [-0.2, -0.15) is 0 Å². The zero-order valence-electron chi connectivity index (χ0n) is 14.3. The molecule has 0 unspecified atom stereocenters. The summed E-state index contributed by atoms with van der Waals surface area (Å²) in [5.74, 6) is 0.805. The molecular formula is C18H35N. The van der Waals surface area contributed by atoms with E-state index in [1.54, 1.807) is 11.6 Å². The van der Waals surface area contributed by atoms with E-state index in [9.17, 15) is 0 Å². The molecule has 0 fully saturated rings. The molecule has 0 aromatic heterocycles. The Labute approximate surface area is 122 Å². The van der Waals surface area contributed by atoms with Crippen molar-refractivity contribution in [2.75, 3.05) is 0 Å². The molecule has 19 heavy (non-hydrogen) atoms. The van der Waals surface area contributed by atoms with Crippen molar-refractivity contribution in [1.82, 2.24) is 0 Å². The lowest BCUT2D eigenvalue weighted by atomic mass is 10.0. The van der Waals surface area contributed by atoms with Gasteiger partial charge in [0.15, 0.2) is 0 Å². The quantitative estimate of drug-likeness (QED) is 0.393. The molecule has 0 aliphatic carbocycles. The van der Waals surface area contributed by atoms with Crippen LogP contribution in [0.1, 0.15) is 67.7 Å². The Morgan fingerprint density at radius 3 is 1.68 bits per heavy atom. The minimum absolute atomic E-state index is 0.740. The van der Waals surface area contributed by atoms with Gasteiger partial charge in [-0.1, -0.05) is 57.9 Å². The Hall–Kier alpha value is -1.11. The Morgan fingerprint density at radius 2 is 1.58 bits per heavy atom. The van der Waals surface area contributed by atoms with Crippen LogP contribution in [0.15, 0.2) is 41.1 Å². The van der Waals surface area contributed by atoms with Crippen LogP contribution in [-0.2, 0) is 0 Å². The lowest BCUT2D eigenvalue weighted by Crippen LogP contribution is -1.89. The van der Waals surface area contributed by atoms with Gasteiger partial charge >= 0.3 is 0 Å². The number of allylic oxidation sites excluding steroid dienone is 3. The van der Waals surface area contributed by atoms with Gasteiger partial charge in [0.25, 0.3) is 0 Å². The first-order valence-electron chi connectivity index (χ1n) is 7.14. The third-order valence-corrected chi connectivity index (χ3v) is 2.17. The van der Waals surface area contributed by atoms with E-state index < -0.39 is 0 Å². The predicted octanol–water partition coefficient (Wildman–Crippen LogP) is 6.58. The molecule has 0 atom stereocenters. The monoisotopic (exact) mass is 265 g/mol. The highest BCUT2D eigenvalue weighted by Crippen LogP contribution is 2.12. The maximum Gasteiger partial charge on any atom is 0.0362 e. The molecular weight excluding hydrogens is 230 g/mol. The molecule has 112 valence electrons. The highest BCUT2D eigenvalue weighted by Gasteiger charge is 1.95. The minimum Gasteiger partial charge on any atom is -0.269 e. The van der Waals surface area contributed by atoms with E-state index in [0.29, 0.717) is 0 Å². The van der Waals surface area contributed by atoms with Crippen LogP contribution in [0, 0.1) is 5.92 Å². The Morgan fingerprint density at radius 1 is 1.16 bits per heavy atom. The summed E-state index contributed by atoms with van der Waals surface area (Å²) in [7, 11) is 0. The topological polar surface area (TPSA) is 12.4 Å². The molecule has 0 radical (unpaired) electrons. The van der Waals surface area contributed by atoms with Crippen molar-refractivity contribution < 1.29 is 0 Å². The largest absolute Gasteiger partial charge is 0.269 e. The molecule has 0 bridgehead atoms. The van der Waals surface area contributed by atoms with Gasteiger partial charge in [-0.15, -0.1) is 6.58 Å².